The van der Waals surface area contributed by atoms with E-state index in [9.17, 15) is 5.26 Å². The van der Waals surface area contributed by atoms with Crippen molar-refractivity contribution in [2.24, 2.45) is 0 Å². The van der Waals surface area contributed by atoms with Gasteiger partial charge in [-0.15, -0.1) is 0 Å². The normalized spacial score (nSPS) is 13.4. The Hall–Kier alpha value is -2.54. The molecule has 0 bridgehead atoms. The van der Waals surface area contributed by atoms with Crippen molar-refractivity contribution in [1.29, 1.82) is 5.26 Å². The van der Waals surface area contributed by atoms with Crippen LogP contribution in [0.25, 0.3) is 27.1 Å². The van der Waals surface area contributed by atoms with Crippen LogP contribution in [0, 0.1) is 18.3 Å². The lowest BCUT2D eigenvalue weighted by atomic mass is 9.92. The summed E-state index contributed by atoms with van der Waals surface area (Å²) in [5.41, 5.74) is 4.84. The molecule has 2 aromatic carbocycles. The van der Waals surface area contributed by atoms with Gasteiger partial charge in [0.25, 0.3) is 0 Å². The van der Waals surface area contributed by atoms with Crippen LogP contribution < -0.4 is 0 Å². The van der Waals surface area contributed by atoms with E-state index in [2.05, 4.69) is 36.2 Å². The summed E-state index contributed by atoms with van der Waals surface area (Å²) in [4.78, 5) is 4.59. The third-order valence-corrected chi connectivity index (χ3v) is 5.00. The fourth-order valence-electron chi connectivity index (χ4n) is 3.36. The van der Waals surface area contributed by atoms with Gasteiger partial charge in [-0.05, 0) is 23.3 Å². The van der Waals surface area contributed by atoms with Gasteiger partial charge in [0.1, 0.15) is 6.07 Å². The number of hydrogen-bond acceptors (Lipinski definition) is 3. The zero-order valence-corrected chi connectivity index (χ0v) is 14.9. The molecule has 0 N–H and O–H groups in total. The highest BCUT2D eigenvalue weighted by Gasteiger charge is 2.23. The van der Waals surface area contributed by atoms with Crippen molar-refractivity contribution in [2.45, 2.75) is 13.5 Å². The number of benzene rings is 2. The maximum Gasteiger partial charge on any atom is 0.102 e. The minimum atomic E-state index is 0.412. The predicted molar refractivity (Wildman–Crippen MR) is 102 cm³/mol. The Kier molecular flexibility index (Phi) is 3.88. The number of nitrogens with zero attached hydrogens (tertiary/aromatic N) is 3. The predicted octanol–water partition coefficient (Wildman–Crippen LogP) is 5.59. The van der Waals surface area contributed by atoms with Gasteiger partial charge in [0.15, 0.2) is 0 Å². The van der Waals surface area contributed by atoms with Crippen molar-refractivity contribution >= 4 is 39.2 Å². The average Bonchev–Trinajstić information content (AvgIpc) is 2.60. The Balaban J connectivity index is 2.05. The quantitative estimate of drug-likeness (QED) is 0.527. The van der Waals surface area contributed by atoms with Crippen LogP contribution in [0.1, 0.15) is 22.3 Å². The minimum Gasteiger partial charge on any atom is -0.287 e. The van der Waals surface area contributed by atoms with Crippen LogP contribution in [0.2, 0.25) is 0 Å². The van der Waals surface area contributed by atoms with Crippen LogP contribution in [-0.2, 0) is 6.54 Å². The molecule has 0 unspecified atom stereocenters. The van der Waals surface area contributed by atoms with Crippen molar-refractivity contribution in [3.8, 4) is 17.3 Å². The molecule has 4 rings (SSSR count). The molecule has 0 saturated heterocycles. The SMILES string of the molecule is Cc1cccc2cccc(-c3ncc4c(c3C#N)CN(Cl)C=C4Cl)c12. The number of halogens is 2. The Labute approximate surface area is 155 Å². The number of hydrogen-bond donors (Lipinski definition) is 0. The Bertz CT molecular complexity index is 1070. The number of fused-ring (bicyclic) bond motifs is 2. The van der Waals surface area contributed by atoms with E-state index in [1.54, 1.807) is 12.4 Å². The first-order valence-electron chi connectivity index (χ1n) is 7.81. The molecule has 0 fully saturated rings. The molecular formula is C20H13Cl2N3. The van der Waals surface area contributed by atoms with Crippen LogP contribution in [0.4, 0.5) is 0 Å². The smallest absolute Gasteiger partial charge is 0.102 e. The van der Waals surface area contributed by atoms with E-state index < -0.39 is 0 Å². The zero-order valence-electron chi connectivity index (χ0n) is 13.4. The molecule has 0 amide bonds. The summed E-state index contributed by atoms with van der Waals surface area (Å²) in [6.45, 7) is 2.48. The van der Waals surface area contributed by atoms with Crippen molar-refractivity contribution < 1.29 is 0 Å². The summed E-state index contributed by atoms with van der Waals surface area (Å²) in [6.07, 6.45) is 3.36. The van der Waals surface area contributed by atoms with E-state index in [0.717, 1.165) is 33.0 Å². The lowest BCUT2D eigenvalue weighted by Crippen LogP contribution is -2.14. The Morgan fingerprint density at radius 2 is 1.92 bits per heavy atom. The van der Waals surface area contributed by atoms with Gasteiger partial charge in [-0.3, -0.25) is 9.40 Å². The molecule has 0 atom stereocenters. The van der Waals surface area contributed by atoms with E-state index in [4.69, 9.17) is 23.4 Å². The van der Waals surface area contributed by atoms with Gasteiger partial charge in [-0.25, -0.2) is 0 Å². The third kappa shape index (κ3) is 2.55. The summed E-state index contributed by atoms with van der Waals surface area (Å²) in [6, 6.07) is 14.5. The molecule has 1 aliphatic heterocycles. The zero-order chi connectivity index (χ0) is 17.6. The van der Waals surface area contributed by atoms with Crippen molar-refractivity contribution in [1.82, 2.24) is 9.40 Å². The van der Waals surface area contributed by atoms with Crippen LogP contribution >= 0.6 is 23.4 Å². The fraction of sp³-hybridized carbons (Fsp3) is 0.100. The first-order chi connectivity index (χ1) is 12.1. The average molecular weight is 366 g/mol. The highest BCUT2D eigenvalue weighted by Crippen LogP contribution is 2.38. The Morgan fingerprint density at radius 1 is 1.16 bits per heavy atom. The van der Waals surface area contributed by atoms with E-state index in [-0.39, 0.29) is 0 Å². The minimum absolute atomic E-state index is 0.412. The van der Waals surface area contributed by atoms with Gasteiger partial charge in [-0.1, -0.05) is 48.0 Å². The van der Waals surface area contributed by atoms with E-state index in [0.29, 0.717) is 22.8 Å². The second kappa shape index (κ2) is 6.07. The molecule has 3 aromatic rings. The van der Waals surface area contributed by atoms with Gasteiger partial charge in [0.2, 0.25) is 0 Å². The molecule has 1 aromatic heterocycles. The van der Waals surface area contributed by atoms with Crippen LogP contribution in [0.15, 0.2) is 48.8 Å². The second-order valence-corrected chi connectivity index (χ2v) is 6.84. The van der Waals surface area contributed by atoms with Crippen molar-refractivity contribution in [3.63, 3.8) is 0 Å². The molecule has 1 aliphatic rings. The molecule has 0 saturated carbocycles. The number of rotatable bonds is 1. The first kappa shape index (κ1) is 16.0. The highest BCUT2D eigenvalue weighted by molar-refractivity contribution is 6.49. The molecule has 0 spiro atoms. The Morgan fingerprint density at radius 3 is 2.68 bits per heavy atom. The summed E-state index contributed by atoms with van der Waals surface area (Å²) in [5.74, 6) is 0. The topological polar surface area (TPSA) is 39.9 Å². The van der Waals surface area contributed by atoms with Gasteiger partial charge in [0.05, 0.1) is 22.8 Å². The monoisotopic (exact) mass is 365 g/mol. The second-order valence-electron chi connectivity index (χ2n) is 6.00. The van der Waals surface area contributed by atoms with Gasteiger partial charge in [0, 0.05) is 40.9 Å². The summed E-state index contributed by atoms with van der Waals surface area (Å²) >= 11 is 12.4. The van der Waals surface area contributed by atoms with E-state index >= 15 is 0 Å². The van der Waals surface area contributed by atoms with Crippen LogP contribution in [0.3, 0.4) is 0 Å². The molecule has 0 radical (unpaired) electrons. The third-order valence-electron chi connectivity index (χ3n) is 4.49. The molecule has 25 heavy (non-hydrogen) atoms. The van der Waals surface area contributed by atoms with Gasteiger partial charge in [-0.2, -0.15) is 5.26 Å². The number of aromatic nitrogens is 1. The highest BCUT2D eigenvalue weighted by atomic mass is 35.5. The summed E-state index contributed by atoms with van der Waals surface area (Å²) in [7, 11) is 0. The first-order valence-corrected chi connectivity index (χ1v) is 8.52. The number of pyridine rings is 1. The maximum atomic E-state index is 9.84. The molecule has 2 heterocycles. The van der Waals surface area contributed by atoms with Crippen molar-refractivity contribution in [3.05, 3.63) is 71.0 Å². The molecule has 0 aliphatic carbocycles. The lowest BCUT2D eigenvalue weighted by molar-refractivity contribution is 0.591. The molecule has 5 heteroatoms. The van der Waals surface area contributed by atoms with Crippen LogP contribution in [0.5, 0.6) is 0 Å². The standard InChI is InChI=1S/C20H13Cl2N3/c1-12-4-2-5-13-6-3-7-14(19(12)13)20-15(8-23)17-10-25(22)11-18(21)16(17)9-24-20/h2-7,9,11H,10H2,1H3. The molecule has 122 valence electrons. The van der Waals surface area contributed by atoms with Gasteiger partial charge < -0.3 is 0 Å². The van der Waals surface area contributed by atoms with Crippen LogP contribution in [-0.4, -0.2) is 9.40 Å². The van der Waals surface area contributed by atoms with E-state index in [1.807, 2.05) is 18.2 Å². The fourth-order valence-corrected chi connectivity index (χ4v) is 3.91. The van der Waals surface area contributed by atoms with Crippen molar-refractivity contribution in [2.75, 3.05) is 0 Å². The summed E-state index contributed by atoms with van der Waals surface area (Å²) < 4.78 is 1.46. The molecule has 3 nitrogen and oxygen atoms in total. The summed E-state index contributed by atoms with van der Waals surface area (Å²) in [5, 5.41) is 12.6. The number of nitriles is 1. The van der Waals surface area contributed by atoms with E-state index in [1.165, 1.54) is 4.42 Å². The largest absolute Gasteiger partial charge is 0.287 e. The maximum absolute atomic E-state index is 9.84. The van der Waals surface area contributed by atoms with Gasteiger partial charge >= 0.3 is 0 Å². The number of aryl methyl sites for hydroxylation is 1. The molecular weight excluding hydrogens is 353 g/mol. The lowest BCUT2D eigenvalue weighted by Gasteiger charge is -2.22.